The van der Waals surface area contributed by atoms with Crippen molar-refractivity contribution in [3.8, 4) is 5.75 Å². The molecule has 1 N–H and O–H groups in total. The predicted octanol–water partition coefficient (Wildman–Crippen LogP) is 4.98. The van der Waals surface area contributed by atoms with Crippen LogP contribution in [0.2, 0.25) is 0 Å². The lowest BCUT2D eigenvalue weighted by molar-refractivity contribution is 0.0195. The number of methoxy groups -OCH3 is 1. The Bertz CT molecular complexity index is 1080. The number of ether oxygens (including phenoxy) is 1. The van der Waals surface area contributed by atoms with Gasteiger partial charge in [0.1, 0.15) is 5.75 Å². The van der Waals surface area contributed by atoms with Crippen molar-refractivity contribution in [3.05, 3.63) is 101 Å². The summed E-state index contributed by atoms with van der Waals surface area (Å²) in [5.74, 6) is 0.920. The molecule has 3 aromatic rings. The smallest absolute Gasteiger partial charge is 0.119 e. The zero-order chi connectivity index (χ0) is 22.8. The second-order valence-electron chi connectivity index (χ2n) is 9.62. The molecule has 0 bridgehead atoms. The number of hydrogen-bond donors (Lipinski definition) is 1. The molecule has 0 spiro atoms. The van der Waals surface area contributed by atoms with Crippen LogP contribution in [-0.4, -0.2) is 42.1 Å². The van der Waals surface area contributed by atoms with E-state index >= 15 is 0 Å². The van der Waals surface area contributed by atoms with Crippen LogP contribution >= 0.6 is 0 Å². The molecule has 1 fully saturated rings. The highest BCUT2D eigenvalue weighted by Gasteiger charge is 2.35. The first kappa shape index (κ1) is 22.1. The van der Waals surface area contributed by atoms with Gasteiger partial charge in [0.25, 0.3) is 0 Å². The van der Waals surface area contributed by atoms with Crippen LogP contribution in [0.3, 0.4) is 0 Å². The Morgan fingerprint density at radius 3 is 2.45 bits per heavy atom. The Morgan fingerprint density at radius 1 is 0.848 bits per heavy atom. The van der Waals surface area contributed by atoms with Gasteiger partial charge in [-0.05, 0) is 53.8 Å². The third-order valence-electron chi connectivity index (χ3n) is 7.31. The van der Waals surface area contributed by atoms with Crippen LogP contribution in [0.25, 0.3) is 0 Å². The van der Waals surface area contributed by atoms with Gasteiger partial charge < -0.3 is 10.1 Å². The number of benzene rings is 3. The molecular formula is C29H35N3O. The third-order valence-corrected chi connectivity index (χ3v) is 7.31. The van der Waals surface area contributed by atoms with Gasteiger partial charge in [0.15, 0.2) is 0 Å². The Hall–Kier alpha value is -2.66. The summed E-state index contributed by atoms with van der Waals surface area (Å²) >= 11 is 0. The van der Waals surface area contributed by atoms with Gasteiger partial charge >= 0.3 is 0 Å². The van der Waals surface area contributed by atoms with Crippen molar-refractivity contribution in [2.24, 2.45) is 0 Å². The van der Waals surface area contributed by atoms with Crippen LogP contribution in [-0.2, 0) is 19.6 Å². The molecule has 1 unspecified atom stereocenters. The molecule has 0 aliphatic carbocycles. The second-order valence-corrected chi connectivity index (χ2v) is 9.62. The normalized spacial score (nSPS) is 22.2. The van der Waals surface area contributed by atoms with E-state index in [1.54, 1.807) is 7.11 Å². The summed E-state index contributed by atoms with van der Waals surface area (Å²) in [6.45, 7) is 9.79. The van der Waals surface area contributed by atoms with E-state index in [1.807, 2.05) is 6.07 Å². The average Bonchev–Trinajstić information content (AvgIpc) is 3.31. The van der Waals surface area contributed by atoms with E-state index in [2.05, 4.69) is 95.7 Å². The summed E-state index contributed by atoms with van der Waals surface area (Å²) in [5.41, 5.74) is 6.93. The zero-order valence-corrected chi connectivity index (χ0v) is 20.0. The predicted molar refractivity (Wildman–Crippen MR) is 134 cm³/mol. The Labute approximate surface area is 198 Å². The number of piperazine rings is 1. The molecular weight excluding hydrogens is 406 g/mol. The van der Waals surface area contributed by atoms with E-state index in [9.17, 15) is 0 Å². The van der Waals surface area contributed by atoms with Crippen LogP contribution < -0.4 is 10.1 Å². The van der Waals surface area contributed by atoms with E-state index < -0.39 is 0 Å². The van der Waals surface area contributed by atoms with E-state index in [-0.39, 0.29) is 6.04 Å². The fraction of sp³-hybridized carbons (Fsp3) is 0.379. The lowest BCUT2D eigenvalue weighted by atomic mass is 9.91. The zero-order valence-electron chi connectivity index (χ0n) is 20.0. The maximum Gasteiger partial charge on any atom is 0.119 e. The lowest BCUT2D eigenvalue weighted by Gasteiger charge is -2.48. The summed E-state index contributed by atoms with van der Waals surface area (Å²) in [6.07, 6.45) is 0. The minimum absolute atomic E-state index is 0.210. The van der Waals surface area contributed by atoms with Crippen LogP contribution in [0.4, 0.5) is 0 Å². The Balaban J connectivity index is 1.46. The molecule has 0 amide bonds. The Kier molecular flexibility index (Phi) is 6.50. The van der Waals surface area contributed by atoms with E-state index in [4.69, 9.17) is 4.74 Å². The van der Waals surface area contributed by atoms with Crippen LogP contribution in [0.5, 0.6) is 5.75 Å². The molecule has 172 valence electrons. The highest BCUT2D eigenvalue weighted by molar-refractivity contribution is 5.42. The van der Waals surface area contributed by atoms with Crippen molar-refractivity contribution in [2.75, 3.05) is 20.2 Å². The van der Waals surface area contributed by atoms with Crippen molar-refractivity contribution in [1.82, 2.24) is 15.1 Å². The number of hydrogen-bond acceptors (Lipinski definition) is 4. The van der Waals surface area contributed by atoms with Gasteiger partial charge in [-0.3, -0.25) is 9.80 Å². The lowest BCUT2D eigenvalue weighted by Crippen LogP contribution is -2.56. The van der Waals surface area contributed by atoms with Gasteiger partial charge in [-0.2, -0.15) is 0 Å². The molecule has 0 saturated carbocycles. The van der Waals surface area contributed by atoms with Crippen LogP contribution in [0.15, 0.2) is 72.8 Å². The summed E-state index contributed by atoms with van der Waals surface area (Å²) < 4.78 is 5.60. The maximum atomic E-state index is 5.60. The first-order valence-corrected chi connectivity index (χ1v) is 12.1. The fourth-order valence-corrected chi connectivity index (χ4v) is 5.49. The monoisotopic (exact) mass is 441 g/mol. The van der Waals surface area contributed by atoms with Gasteiger partial charge in [-0.15, -0.1) is 0 Å². The van der Waals surface area contributed by atoms with Crippen LogP contribution in [0.1, 0.15) is 47.7 Å². The largest absolute Gasteiger partial charge is 0.497 e. The SMILES string of the molecule is COc1cccc(C(c2ccc3c(c2)CNC3)N2C[C@@H](C)N(Cc3ccccc3)C[C@@H]2C)c1. The molecule has 3 atom stereocenters. The Morgan fingerprint density at radius 2 is 1.64 bits per heavy atom. The summed E-state index contributed by atoms with van der Waals surface area (Å²) in [4.78, 5) is 5.33. The maximum absolute atomic E-state index is 5.60. The molecule has 2 aliphatic heterocycles. The number of nitrogens with one attached hydrogen (secondary N) is 1. The topological polar surface area (TPSA) is 27.7 Å². The summed E-state index contributed by atoms with van der Waals surface area (Å²) in [7, 11) is 1.75. The first-order chi connectivity index (χ1) is 16.1. The molecule has 5 rings (SSSR count). The molecule has 0 aromatic heterocycles. The third kappa shape index (κ3) is 4.70. The van der Waals surface area contributed by atoms with Gasteiger partial charge in [0, 0.05) is 44.8 Å². The van der Waals surface area contributed by atoms with Crippen molar-refractivity contribution < 1.29 is 4.74 Å². The number of fused-ring (bicyclic) bond motifs is 1. The van der Waals surface area contributed by atoms with Gasteiger partial charge in [0.2, 0.25) is 0 Å². The second kappa shape index (κ2) is 9.68. The average molecular weight is 442 g/mol. The van der Waals surface area contributed by atoms with Gasteiger partial charge in [-0.25, -0.2) is 0 Å². The van der Waals surface area contributed by atoms with Crippen molar-refractivity contribution in [3.63, 3.8) is 0 Å². The molecule has 33 heavy (non-hydrogen) atoms. The molecule has 4 heteroatoms. The van der Waals surface area contributed by atoms with Crippen molar-refractivity contribution >= 4 is 0 Å². The summed E-state index contributed by atoms with van der Waals surface area (Å²) in [6, 6.07) is 27.7. The summed E-state index contributed by atoms with van der Waals surface area (Å²) in [5, 5.41) is 3.50. The van der Waals surface area contributed by atoms with E-state index in [0.717, 1.165) is 38.5 Å². The molecule has 4 nitrogen and oxygen atoms in total. The highest BCUT2D eigenvalue weighted by Crippen LogP contribution is 2.36. The van der Waals surface area contributed by atoms with Crippen molar-refractivity contribution in [1.29, 1.82) is 0 Å². The van der Waals surface area contributed by atoms with E-state index in [1.165, 1.54) is 27.8 Å². The first-order valence-electron chi connectivity index (χ1n) is 12.1. The van der Waals surface area contributed by atoms with Gasteiger partial charge in [-0.1, -0.05) is 60.7 Å². The fourth-order valence-electron chi connectivity index (χ4n) is 5.49. The van der Waals surface area contributed by atoms with Crippen LogP contribution in [0, 0.1) is 0 Å². The van der Waals surface area contributed by atoms with Crippen molar-refractivity contribution in [2.45, 2.75) is 51.6 Å². The molecule has 0 radical (unpaired) electrons. The molecule has 2 aliphatic rings. The van der Waals surface area contributed by atoms with Gasteiger partial charge in [0.05, 0.1) is 13.2 Å². The molecule has 2 heterocycles. The quantitative estimate of drug-likeness (QED) is 0.584. The minimum Gasteiger partial charge on any atom is -0.497 e. The number of rotatable bonds is 6. The molecule has 1 saturated heterocycles. The molecule has 3 aromatic carbocycles. The highest BCUT2D eigenvalue weighted by atomic mass is 16.5. The standard InChI is InChI=1S/C29H35N3O/c1-21-19-32(22(2)18-31(21)20-23-8-5-4-6-9-23)29(24-10-7-11-28(15-24)33-3)25-12-13-26-16-30-17-27(26)14-25/h4-15,21-22,29-30H,16-20H2,1-3H3/t21-,22+,29?/m1/s1. The minimum atomic E-state index is 0.210. The number of nitrogens with zero attached hydrogens (tertiary/aromatic N) is 2. The van der Waals surface area contributed by atoms with E-state index in [0.29, 0.717) is 12.1 Å².